The predicted octanol–water partition coefficient (Wildman–Crippen LogP) is 2.09. The minimum absolute atomic E-state index is 0.0574. The molecule has 0 unspecified atom stereocenters. The van der Waals surface area contributed by atoms with Gasteiger partial charge in [0.1, 0.15) is 0 Å². The zero-order valence-electron chi connectivity index (χ0n) is 14.2. The summed E-state index contributed by atoms with van der Waals surface area (Å²) in [4.78, 5) is 25.2. The average Bonchev–Trinajstić information content (AvgIpc) is 3.19. The monoisotopic (exact) mass is 344 g/mol. The standard InChI is InChI=1S/C19H20O6/c1-22-16(20)19(17(21)23-2,18-24-9-10-25-18)12-13-7-8-14-5-3-4-6-15(14)11-13/h3-8,11,18H,9-10,12H2,1-2H3. The zero-order valence-corrected chi connectivity index (χ0v) is 14.2. The maximum Gasteiger partial charge on any atom is 0.328 e. The normalized spacial score (nSPS) is 15.3. The van der Waals surface area contributed by atoms with Crippen molar-refractivity contribution in [3.63, 3.8) is 0 Å². The minimum Gasteiger partial charge on any atom is -0.468 e. The SMILES string of the molecule is COC(=O)C(Cc1ccc2ccccc2c1)(C(=O)OC)C1OCCO1. The van der Waals surface area contributed by atoms with E-state index in [4.69, 9.17) is 18.9 Å². The summed E-state index contributed by atoms with van der Waals surface area (Å²) in [5.41, 5.74) is -0.920. The second-order valence-electron chi connectivity index (χ2n) is 5.89. The number of fused-ring (bicyclic) bond motifs is 1. The Morgan fingerprint density at radius 2 is 1.60 bits per heavy atom. The van der Waals surface area contributed by atoms with Crippen LogP contribution in [0.2, 0.25) is 0 Å². The van der Waals surface area contributed by atoms with Crippen LogP contribution >= 0.6 is 0 Å². The third-order valence-corrected chi connectivity index (χ3v) is 4.42. The molecule has 1 aliphatic heterocycles. The Hall–Kier alpha value is -2.44. The van der Waals surface area contributed by atoms with Crippen LogP contribution in [0.5, 0.6) is 0 Å². The second-order valence-corrected chi connectivity index (χ2v) is 5.89. The van der Waals surface area contributed by atoms with Gasteiger partial charge in [-0.3, -0.25) is 9.59 Å². The van der Waals surface area contributed by atoms with Crippen molar-refractivity contribution in [1.29, 1.82) is 0 Å². The molecule has 2 aromatic carbocycles. The second kappa shape index (κ2) is 7.21. The van der Waals surface area contributed by atoms with Gasteiger partial charge in [0.05, 0.1) is 27.4 Å². The Balaban J connectivity index is 2.05. The van der Waals surface area contributed by atoms with E-state index in [0.29, 0.717) is 13.2 Å². The molecule has 0 aliphatic carbocycles. The molecule has 6 heteroatoms. The number of rotatable bonds is 5. The first-order valence-corrected chi connectivity index (χ1v) is 7.99. The van der Waals surface area contributed by atoms with Gasteiger partial charge < -0.3 is 18.9 Å². The Morgan fingerprint density at radius 1 is 1.00 bits per heavy atom. The predicted molar refractivity (Wildman–Crippen MR) is 89.8 cm³/mol. The van der Waals surface area contributed by atoms with E-state index in [1.807, 2.05) is 42.5 Å². The number of carbonyl (C=O) groups excluding carboxylic acids is 2. The fraction of sp³-hybridized carbons (Fsp3) is 0.368. The molecule has 25 heavy (non-hydrogen) atoms. The van der Waals surface area contributed by atoms with E-state index in [2.05, 4.69) is 0 Å². The highest BCUT2D eigenvalue weighted by molar-refractivity contribution is 6.01. The van der Waals surface area contributed by atoms with Crippen LogP contribution in [0.1, 0.15) is 5.56 Å². The molecule has 0 N–H and O–H groups in total. The molecule has 0 spiro atoms. The molecule has 1 heterocycles. The smallest absolute Gasteiger partial charge is 0.328 e. The van der Waals surface area contributed by atoms with Gasteiger partial charge >= 0.3 is 11.9 Å². The number of methoxy groups -OCH3 is 2. The van der Waals surface area contributed by atoms with Crippen LogP contribution < -0.4 is 0 Å². The van der Waals surface area contributed by atoms with Crippen molar-refractivity contribution >= 4 is 22.7 Å². The minimum atomic E-state index is -1.71. The highest BCUT2D eigenvalue weighted by atomic mass is 16.7. The number of hydrogen-bond acceptors (Lipinski definition) is 6. The van der Waals surface area contributed by atoms with Crippen LogP contribution in [0, 0.1) is 5.41 Å². The quantitative estimate of drug-likeness (QED) is 0.611. The van der Waals surface area contributed by atoms with Gasteiger partial charge in [0, 0.05) is 6.42 Å². The van der Waals surface area contributed by atoms with Crippen LogP contribution in [0.4, 0.5) is 0 Å². The molecule has 0 atom stereocenters. The maximum absolute atomic E-state index is 12.6. The van der Waals surface area contributed by atoms with Crippen molar-refractivity contribution in [2.24, 2.45) is 5.41 Å². The first-order valence-electron chi connectivity index (χ1n) is 7.99. The molecule has 6 nitrogen and oxygen atoms in total. The molecular formula is C19H20O6. The summed E-state index contributed by atoms with van der Waals surface area (Å²) in [7, 11) is 2.46. The van der Waals surface area contributed by atoms with Crippen molar-refractivity contribution in [3.05, 3.63) is 48.0 Å². The molecule has 3 rings (SSSR count). The fourth-order valence-corrected chi connectivity index (χ4v) is 3.18. The zero-order chi connectivity index (χ0) is 17.9. The van der Waals surface area contributed by atoms with E-state index in [9.17, 15) is 9.59 Å². The Bertz CT molecular complexity index is 762. The number of hydrogen-bond donors (Lipinski definition) is 0. The van der Waals surface area contributed by atoms with E-state index in [-0.39, 0.29) is 6.42 Å². The van der Waals surface area contributed by atoms with Crippen LogP contribution in [-0.4, -0.2) is 45.7 Å². The molecule has 2 aromatic rings. The van der Waals surface area contributed by atoms with E-state index in [0.717, 1.165) is 16.3 Å². The third kappa shape index (κ3) is 3.10. The number of esters is 2. The number of benzene rings is 2. The summed E-state index contributed by atoms with van der Waals surface area (Å²) in [5, 5.41) is 2.08. The highest BCUT2D eigenvalue weighted by Gasteiger charge is 2.57. The average molecular weight is 344 g/mol. The van der Waals surface area contributed by atoms with Crippen molar-refractivity contribution in [2.75, 3.05) is 27.4 Å². The molecular weight excluding hydrogens is 324 g/mol. The van der Waals surface area contributed by atoms with Gasteiger partial charge in [-0.1, -0.05) is 42.5 Å². The molecule has 1 aliphatic rings. The van der Waals surface area contributed by atoms with Crippen molar-refractivity contribution < 1.29 is 28.5 Å². The summed E-state index contributed by atoms with van der Waals surface area (Å²) in [5.74, 6) is -1.47. The first kappa shape index (κ1) is 17.4. The lowest BCUT2D eigenvalue weighted by atomic mass is 9.80. The van der Waals surface area contributed by atoms with E-state index in [1.165, 1.54) is 14.2 Å². The Kier molecular flexibility index (Phi) is 5.01. The Morgan fingerprint density at radius 3 is 2.20 bits per heavy atom. The maximum atomic E-state index is 12.6. The summed E-state index contributed by atoms with van der Waals surface area (Å²) in [6, 6.07) is 13.6. The van der Waals surface area contributed by atoms with Crippen LogP contribution in [0.25, 0.3) is 10.8 Å². The van der Waals surface area contributed by atoms with E-state index < -0.39 is 23.6 Å². The lowest BCUT2D eigenvalue weighted by molar-refractivity contribution is -0.198. The largest absolute Gasteiger partial charge is 0.468 e. The van der Waals surface area contributed by atoms with Crippen LogP contribution in [0.15, 0.2) is 42.5 Å². The highest BCUT2D eigenvalue weighted by Crippen LogP contribution is 2.36. The van der Waals surface area contributed by atoms with Gasteiger partial charge in [-0.15, -0.1) is 0 Å². The fourth-order valence-electron chi connectivity index (χ4n) is 3.18. The van der Waals surface area contributed by atoms with Crippen molar-refractivity contribution in [3.8, 4) is 0 Å². The molecule has 0 saturated carbocycles. The summed E-state index contributed by atoms with van der Waals surface area (Å²) >= 11 is 0. The topological polar surface area (TPSA) is 71.1 Å². The van der Waals surface area contributed by atoms with Crippen molar-refractivity contribution in [2.45, 2.75) is 12.7 Å². The van der Waals surface area contributed by atoms with Gasteiger partial charge in [-0.2, -0.15) is 0 Å². The molecule has 132 valence electrons. The first-order chi connectivity index (χ1) is 12.1. The Labute approximate surface area is 145 Å². The number of carbonyl (C=O) groups is 2. The molecule has 1 fully saturated rings. The van der Waals surface area contributed by atoms with E-state index >= 15 is 0 Å². The van der Waals surface area contributed by atoms with E-state index in [1.54, 1.807) is 0 Å². The van der Waals surface area contributed by atoms with Gasteiger partial charge in [0.15, 0.2) is 6.29 Å². The lowest BCUT2D eigenvalue weighted by Gasteiger charge is -2.32. The van der Waals surface area contributed by atoms with Gasteiger partial charge in [0.25, 0.3) is 0 Å². The molecule has 0 aromatic heterocycles. The molecule has 0 amide bonds. The van der Waals surface area contributed by atoms with Gasteiger partial charge in [-0.25, -0.2) is 0 Å². The molecule has 0 radical (unpaired) electrons. The molecule has 1 saturated heterocycles. The summed E-state index contributed by atoms with van der Waals surface area (Å²) < 4.78 is 20.8. The van der Waals surface area contributed by atoms with Gasteiger partial charge in [-0.05, 0) is 16.3 Å². The van der Waals surface area contributed by atoms with Gasteiger partial charge in [0.2, 0.25) is 5.41 Å². The summed E-state index contributed by atoms with van der Waals surface area (Å²) in [6.45, 7) is 0.607. The third-order valence-electron chi connectivity index (χ3n) is 4.42. The van der Waals surface area contributed by atoms with Crippen molar-refractivity contribution in [1.82, 2.24) is 0 Å². The van der Waals surface area contributed by atoms with Crippen LogP contribution in [0.3, 0.4) is 0 Å². The number of ether oxygens (including phenoxy) is 4. The molecule has 0 bridgehead atoms. The lowest BCUT2D eigenvalue weighted by Crippen LogP contribution is -2.52. The summed E-state index contributed by atoms with van der Waals surface area (Å²) in [6.07, 6.45) is -0.985. The van der Waals surface area contributed by atoms with Crippen LogP contribution in [-0.2, 0) is 35.0 Å².